The van der Waals surface area contributed by atoms with Crippen LogP contribution < -0.4 is 9.55 Å². The van der Waals surface area contributed by atoms with Crippen molar-refractivity contribution in [2.45, 2.75) is 38.9 Å². The van der Waals surface area contributed by atoms with Crippen LogP contribution in [-0.2, 0) is 4.65 Å². The molecule has 5 nitrogen and oxygen atoms in total. The maximum absolute atomic E-state index is 10.1. The van der Waals surface area contributed by atoms with Crippen LogP contribution >= 0.6 is 27.3 Å². The zero-order chi connectivity index (χ0) is 15.0. The summed E-state index contributed by atoms with van der Waals surface area (Å²) >= 11 is 4.25. The Kier molecular flexibility index (Phi) is 5.28. The average Bonchev–Trinajstić information content (AvgIpc) is 2.57. The highest BCUT2D eigenvalue weighted by Gasteiger charge is 2.40. The second kappa shape index (κ2) is 5.85. The summed E-state index contributed by atoms with van der Waals surface area (Å²) in [4.78, 5) is 0. The summed E-state index contributed by atoms with van der Waals surface area (Å²) in [6, 6.07) is 1.51. The molecule has 1 aromatic heterocycles. The van der Waals surface area contributed by atoms with E-state index < -0.39 is 25.4 Å². The Labute approximate surface area is 125 Å². The minimum absolute atomic E-state index is 0.297. The third-order valence-corrected chi connectivity index (χ3v) is 5.21. The molecule has 9 heteroatoms. The third-order valence-electron chi connectivity index (χ3n) is 3.09. The van der Waals surface area contributed by atoms with Gasteiger partial charge in [0.25, 0.3) is 0 Å². The number of aliphatic hydroxyl groups is 1. The number of hydrogen-bond donors (Lipinski definition) is 4. The van der Waals surface area contributed by atoms with Gasteiger partial charge in [-0.25, -0.2) is 0 Å². The molecule has 0 aliphatic carbocycles. The molecule has 0 aromatic carbocycles. The van der Waals surface area contributed by atoms with Gasteiger partial charge in [-0.15, -0.1) is 0 Å². The summed E-state index contributed by atoms with van der Waals surface area (Å²) in [5.41, 5.74) is -2.12. The van der Waals surface area contributed by atoms with Crippen LogP contribution in [0.1, 0.15) is 27.7 Å². The minimum Gasteiger partial charge on any atom is -0.423 e. The second-order valence-electron chi connectivity index (χ2n) is 5.27. The van der Waals surface area contributed by atoms with E-state index in [1.165, 1.54) is 6.07 Å². The first-order chi connectivity index (χ1) is 8.45. The molecule has 1 heterocycles. The molecular weight excluding hydrogens is 334 g/mol. The van der Waals surface area contributed by atoms with Crippen LogP contribution in [0.25, 0.3) is 0 Å². The van der Waals surface area contributed by atoms with Gasteiger partial charge in [0.15, 0.2) is 0 Å². The summed E-state index contributed by atoms with van der Waals surface area (Å²) in [5.74, 6) is 0. The molecule has 0 atom stereocenters. The first-order valence-corrected chi connectivity index (χ1v) is 7.30. The van der Waals surface area contributed by atoms with E-state index in [2.05, 4.69) is 15.9 Å². The fourth-order valence-electron chi connectivity index (χ4n) is 1.17. The molecule has 106 valence electrons. The van der Waals surface area contributed by atoms with Crippen molar-refractivity contribution in [1.29, 1.82) is 0 Å². The molecule has 19 heavy (non-hydrogen) atoms. The van der Waals surface area contributed by atoms with Crippen LogP contribution in [0.4, 0.5) is 0 Å². The number of hydrogen-bond acceptors (Lipinski definition) is 6. The molecule has 0 fully saturated rings. The van der Waals surface area contributed by atoms with Gasteiger partial charge in [0.2, 0.25) is 0 Å². The zero-order valence-electron chi connectivity index (χ0n) is 11.2. The molecule has 0 spiro atoms. The molecule has 0 aliphatic heterocycles. The van der Waals surface area contributed by atoms with E-state index >= 15 is 0 Å². The van der Waals surface area contributed by atoms with Crippen LogP contribution in [0.5, 0.6) is 0 Å². The van der Waals surface area contributed by atoms with Gasteiger partial charge < -0.3 is 24.8 Å². The lowest BCUT2D eigenvalue weighted by Crippen LogP contribution is -2.52. The van der Waals surface area contributed by atoms with Crippen LogP contribution in [0, 0.1) is 0 Å². The van der Waals surface area contributed by atoms with E-state index in [4.69, 9.17) is 14.7 Å². The number of rotatable bonds is 5. The maximum atomic E-state index is 10.1. The zero-order valence-corrected chi connectivity index (χ0v) is 13.6. The summed E-state index contributed by atoms with van der Waals surface area (Å²) in [5, 5.41) is 38.2. The molecule has 0 amide bonds. The van der Waals surface area contributed by atoms with Gasteiger partial charge in [-0.3, -0.25) is 0 Å². The van der Waals surface area contributed by atoms with Crippen molar-refractivity contribution >= 4 is 51.1 Å². The molecule has 0 aliphatic rings. The van der Waals surface area contributed by atoms with Crippen molar-refractivity contribution in [2.75, 3.05) is 0 Å². The highest BCUT2D eigenvalue weighted by molar-refractivity contribution is 9.10. The van der Waals surface area contributed by atoms with Crippen molar-refractivity contribution in [3.8, 4) is 0 Å². The Morgan fingerprint density at radius 2 is 1.74 bits per heavy atom. The fourth-order valence-corrected chi connectivity index (χ4v) is 2.85. The first kappa shape index (κ1) is 17.2. The summed E-state index contributed by atoms with van der Waals surface area (Å²) in [6.45, 7) is 6.51. The van der Waals surface area contributed by atoms with Crippen LogP contribution in [0.3, 0.4) is 0 Å². The van der Waals surface area contributed by atoms with E-state index in [9.17, 15) is 10.1 Å². The minimum atomic E-state index is -1.59. The monoisotopic (exact) mass is 350 g/mol. The molecule has 0 saturated heterocycles. The largest absolute Gasteiger partial charge is 0.503 e. The number of thiophene rings is 1. The number of halogens is 1. The Hall–Kier alpha value is 0.110. The Morgan fingerprint density at radius 1 is 1.21 bits per heavy atom. The summed E-state index contributed by atoms with van der Waals surface area (Å²) < 4.78 is 6.73. The van der Waals surface area contributed by atoms with Crippen molar-refractivity contribution in [2.24, 2.45) is 0 Å². The fraction of sp³-hybridized carbons (Fsp3) is 0.600. The average molecular weight is 351 g/mol. The third kappa shape index (κ3) is 4.04. The lowest BCUT2D eigenvalue weighted by atomic mass is 9.82. The Bertz CT molecular complexity index is 444. The van der Waals surface area contributed by atoms with Crippen LogP contribution in [0.15, 0.2) is 10.5 Å². The molecule has 0 saturated carbocycles. The van der Waals surface area contributed by atoms with Crippen LogP contribution in [-0.4, -0.2) is 45.6 Å². The molecule has 0 radical (unpaired) electrons. The molecule has 0 unspecified atom stereocenters. The molecule has 1 rings (SSSR count). The van der Waals surface area contributed by atoms with Crippen LogP contribution in [0.2, 0.25) is 0 Å². The SMILES string of the molecule is CC(C)(O)C(C)(C)OB(O)c1sc(B(O)O)cc1Br. The summed E-state index contributed by atoms with van der Waals surface area (Å²) in [7, 11) is -2.86. The first-order valence-electron chi connectivity index (χ1n) is 5.69. The van der Waals surface area contributed by atoms with E-state index in [1.54, 1.807) is 27.7 Å². The smallest absolute Gasteiger partial charge is 0.423 e. The van der Waals surface area contributed by atoms with Gasteiger partial charge in [0, 0.05) is 14.0 Å². The highest BCUT2D eigenvalue weighted by atomic mass is 79.9. The molecular formula is C10H17B2BrO5S. The predicted octanol–water partition coefficient (Wildman–Crippen LogP) is -0.556. The van der Waals surface area contributed by atoms with Crippen molar-refractivity contribution in [3.05, 3.63) is 10.5 Å². The van der Waals surface area contributed by atoms with E-state index in [0.29, 0.717) is 14.0 Å². The van der Waals surface area contributed by atoms with Gasteiger partial charge in [0.1, 0.15) is 0 Å². The molecule has 0 bridgehead atoms. The normalized spacial score (nSPS) is 12.7. The lowest BCUT2D eigenvalue weighted by Gasteiger charge is -2.38. The summed E-state index contributed by atoms with van der Waals surface area (Å²) in [6.07, 6.45) is 0. The molecule has 4 N–H and O–H groups in total. The molecule has 1 aromatic rings. The standard InChI is InChI=1S/C10H17B2BrO5S/c1-9(2,14)10(3,4)18-12(17)8-6(13)5-7(19-8)11(15)16/h5,14-17H,1-4H3. The highest BCUT2D eigenvalue weighted by Crippen LogP contribution is 2.26. The quantitative estimate of drug-likeness (QED) is 0.535. The second-order valence-corrected chi connectivity index (χ2v) is 7.24. The lowest BCUT2D eigenvalue weighted by molar-refractivity contribution is -0.0982. The van der Waals surface area contributed by atoms with E-state index in [-0.39, 0.29) is 0 Å². The maximum Gasteiger partial charge on any atom is 0.503 e. The Balaban J connectivity index is 2.93. The van der Waals surface area contributed by atoms with E-state index in [1.807, 2.05) is 0 Å². The van der Waals surface area contributed by atoms with Gasteiger partial charge in [-0.2, -0.15) is 11.3 Å². The van der Waals surface area contributed by atoms with Gasteiger partial charge in [-0.05, 0) is 33.8 Å². The van der Waals surface area contributed by atoms with Gasteiger partial charge in [0.05, 0.1) is 11.2 Å². The van der Waals surface area contributed by atoms with Gasteiger partial charge >= 0.3 is 14.2 Å². The topological polar surface area (TPSA) is 90.2 Å². The predicted molar refractivity (Wildman–Crippen MR) is 80.9 cm³/mol. The Morgan fingerprint density at radius 3 is 2.11 bits per heavy atom. The van der Waals surface area contributed by atoms with E-state index in [0.717, 1.165) is 11.3 Å². The van der Waals surface area contributed by atoms with Crippen molar-refractivity contribution in [1.82, 2.24) is 0 Å². The van der Waals surface area contributed by atoms with Gasteiger partial charge in [-0.1, -0.05) is 15.9 Å². The van der Waals surface area contributed by atoms with Crippen molar-refractivity contribution in [3.63, 3.8) is 0 Å². The van der Waals surface area contributed by atoms with Crippen molar-refractivity contribution < 1.29 is 24.8 Å².